The number of ether oxygens (including phenoxy) is 2. The molecule has 3 rings (SSSR count). The standard InChI is InChI=1S/C15H21FN2O4S.C2HF3O2/c1-2-23(19,20)18-10-15(11-18)12(6-9-22-15)5-8-21-14-13(16)4-3-7-17-14;3-2(4,5)1(6)7/h3-4,7,12H,2,5-6,8-11H2,1H3;(H,6,7). The van der Waals surface area contributed by atoms with E-state index in [4.69, 9.17) is 19.4 Å². The fourth-order valence-corrected chi connectivity index (χ4v) is 4.44. The first-order chi connectivity index (χ1) is 13.9. The Hall–Kier alpha value is -1.99. The molecular weight excluding hydrogens is 436 g/mol. The third-order valence-corrected chi connectivity index (χ3v) is 6.69. The van der Waals surface area contributed by atoms with E-state index < -0.39 is 33.6 Å². The van der Waals surface area contributed by atoms with Crippen LogP contribution in [0, 0.1) is 11.7 Å². The third-order valence-electron chi connectivity index (χ3n) is 4.92. The zero-order valence-corrected chi connectivity index (χ0v) is 16.9. The molecule has 2 aliphatic heterocycles. The maximum absolute atomic E-state index is 13.5. The molecule has 30 heavy (non-hydrogen) atoms. The Balaban J connectivity index is 0.000000396. The number of aliphatic carboxylic acids is 1. The van der Waals surface area contributed by atoms with Crippen LogP contribution in [0.1, 0.15) is 19.8 Å². The summed E-state index contributed by atoms with van der Waals surface area (Å²) in [6.07, 6.45) is -2.04. The van der Waals surface area contributed by atoms with E-state index in [-0.39, 0.29) is 17.6 Å². The molecule has 3 heterocycles. The van der Waals surface area contributed by atoms with Gasteiger partial charge in [-0.1, -0.05) is 0 Å². The summed E-state index contributed by atoms with van der Waals surface area (Å²) in [4.78, 5) is 12.7. The van der Waals surface area contributed by atoms with Crippen molar-refractivity contribution in [3.05, 3.63) is 24.1 Å². The number of hydrogen-bond acceptors (Lipinski definition) is 6. The predicted octanol–water partition coefficient (Wildman–Crippen LogP) is 2.06. The Kier molecular flexibility index (Phi) is 7.64. The Labute approximate surface area is 170 Å². The fourth-order valence-electron chi connectivity index (χ4n) is 3.25. The monoisotopic (exact) mass is 458 g/mol. The SMILES string of the molecule is CCS(=O)(=O)N1CC2(C1)OCCC2CCOc1ncccc1F.O=C(O)C(F)(F)F. The van der Waals surface area contributed by atoms with Gasteiger partial charge >= 0.3 is 12.1 Å². The number of aromatic nitrogens is 1. The van der Waals surface area contributed by atoms with Gasteiger partial charge in [-0.25, -0.2) is 22.6 Å². The lowest BCUT2D eigenvalue weighted by Gasteiger charge is -2.49. The first-order valence-electron chi connectivity index (χ1n) is 9.06. The van der Waals surface area contributed by atoms with Gasteiger partial charge in [-0.3, -0.25) is 0 Å². The summed E-state index contributed by atoms with van der Waals surface area (Å²) in [6, 6.07) is 2.82. The van der Waals surface area contributed by atoms with Gasteiger partial charge in [0.25, 0.3) is 0 Å². The summed E-state index contributed by atoms with van der Waals surface area (Å²) in [7, 11) is -3.15. The van der Waals surface area contributed by atoms with Crippen LogP contribution >= 0.6 is 0 Å². The molecule has 170 valence electrons. The van der Waals surface area contributed by atoms with Crippen molar-refractivity contribution in [1.82, 2.24) is 9.29 Å². The molecule has 2 saturated heterocycles. The molecule has 13 heteroatoms. The Morgan fingerprint density at radius 1 is 1.43 bits per heavy atom. The molecule has 1 aromatic rings. The number of carboxylic acid groups (broad SMARTS) is 1. The minimum absolute atomic E-state index is 0.00395. The molecule has 1 unspecified atom stereocenters. The quantitative estimate of drug-likeness (QED) is 0.651. The van der Waals surface area contributed by atoms with Gasteiger partial charge in [0.1, 0.15) is 0 Å². The average Bonchev–Trinajstić information content (AvgIpc) is 3.06. The Morgan fingerprint density at radius 3 is 2.60 bits per heavy atom. The number of carbonyl (C=O) groups is 1. The molecule has 0 aromatic carbocycles. The number of sulfonamides is 1. The van der Waals surface area contributed by atoms with Gasteiger partial charge in [0.05, 0.1) is 18.0 Å². The number of hydrogen-bond donors (Lipinski definition) is 1. The minimum Gasteiger partial charge on any atom is -0.476 e. The Bertz CT molecular complexity index is 843. The van der Waals surface area contributed by atoms with Gasteiger partial charge in [-0.05, 0) is 37.8 Å². The van der Waals surface area contributed by atoms with Crippen molar-refractivity contribution >= 4 is 16.0 Å². The van der Waals surface area contributed by atoms with Gasteiger partial charge < -0.3 is 14.6 Å². The molecule has 8 nitrogen and oxygen atoms in total. The van der Waals surface area contributed by atoms with Crippen LogP contribution in [-0.4, -0.2) is 72.6 Å². The number of pyridine rings is 1. The van der Waals surface area contributed by atoms with Crippen LogP contribution < -0.4 is 4.74 Å². The van der Waals surface area contributed by atoms with E-state index in [0.717, 1.165) is 6.42 Å². The summed E-state index contributed by atoms with van der Waals surface area (Å²) < 4.78 is 81.6. The number of alkyl halides is 3. The highest BCUT2D eigenvalue weighted by Crippen LogP contribution is 2.42. The van der Waals surface area contributed by atoms with Crippen molar-refractivity contribution in [1.29, 1.82) is 0 Å². The maximum Gasteiger partial charge on any atom is 0.490 e. The molecule has 1 aromatic heterocycles. The summed E-state index contributed by atoms with van der Waals surface area (Å²) in [5.74, 6) is -2.90. The van der Waals surface area contributed by atoms with Crippen molar-refractivity contribution in [2.24, 2.45) is 5.92 Å². The van der Waals surface area contributed by atoms with Crippen molar-refractivity contribution in [3.63, 3.8) is 0 Å². The molecule has 0 amide bonds. The van der Waals surface area contributed by atoms with Crippen LogP contribution in [0.4, 0.5) is 17.6 Å². The fraction of sp³-hybridized carbons (Fsp3) is 0.647. The third kappa shape index (κ3) is 5.79. The molecule has 2 aliphatic rings. The molecule has 0 saturated carbocycles. The second kappa shape index (κ2) is 9.43. The van der Waals surface area contributed by atoms with Gasteiger partial charge in [-0.2, -0.15) is 17.5 Å². The van der Waals surface area contributed by atoms with Gasteiger partial charge in [-0.15, -0.1) is 0 Å². The minimum atomic E-state index is -5.08. The molecule has 0 aliphatic carbocycles. The molecule has 2 fully saturated rings. The van der Waals surface area contributed by atoms with Crippen LogP contribution in [-0.2, 0) is 19.6 Å². The smallest absolute Gasteiger partial charge is 0.476 e. The molecule has 1 spiro atoms. The summed E-state index contributed by atoms with van der Waals surface area (Å²) in [6.45, 7) is 3.42. The van der Waals surface area contributed by atoms with E-state index in [9.17, 15) is 26.0 Å². The number of rotatable bonds is 6. The van der Waals surface area contributed by atoms with Gasteiger partial charge in [0.2, 0.25) is 15.9 Å². The topological polar surface area (TPSA) is 106 Å². The predicted molar refractivity (Wildman–Crippen MR) is 95.8 cm³/mol. The Morgan fingerprint density at radius 2 is 2.07 bits per heavy atom. The van der Waals surface area contributed by atoms with Crippen LogP contribution in [0.15, 0.2) is 18.3 Å². The van der Waals surface area contributed by atoms with Crippen LogP contribution in [0.2, 0.25) is 0 Å². The highest BCUT2D eigenvalue weighted by Gasteiger charge is 2.55. The average molecular weight is 458 g/mol. The molecule has 1 N–H and O–H groups in total. The van der Waals surface area contributed by atoms with Crippen molar-refractivity contribution in [3.8, 4) is 5.88 Å². The van der Waals surface area contributed by atoms with Gasteiger partial charge in [0.15, 0.2) is 5.82 Å². The van der Waals surface area contributed by atoms with Crippen molar-refractivity contribution < 1.29 is 45.4 Å². The van der Waals surface area contributed by atoms with Crippen LogP contribution in [0.25, 0.3) is 0 Å². The number of halogens is 4. The molecule has 0 bridgehead atoms. The van der Waals surface area contributed by atoms with E-state index in [2.05, 4.69) is 4.98 Å². The lowest BCUT2D eigenvalue weighted by molar-refractivity contribution is -0.192. The maximum atomic E-state index is 13.5. The van der Waals surface area contributed by atoms with Crippen LogP contribution in [0.3, 0.4) is 0 Å². The molecule has 1 atom stereocenters. The summed E-state index contributed by atoms with van der Waals surface area (Å²) in [5, 5.41) is 7.12. The summed E-state index contributed by atoms with van der Waals surface area (Å²) >= 11 is 0. The van der Waals surface area contributed by atoms with Crippen LogP contribution in [0.5, 0.6) is 5.88 Å². The molecular formula is C17H22F4N2O6S. The number of carboxylic acids is 1. The summed E-state index contributed by atoms with van der Waals surface area (Å²) in [5.41, 5.74) is -0.395. The van der Waals surface area contributed by atoms with E-state index in [1.54, 1.807) is 6.92 Å². The highest BCUT2D eigenvalue weighted by molar-refractivity contribution is 7.89. The second-order valence-corrected chi connectivity index (χ2v) is 9.06. The second-order valence-electron chi connectivity index (χ2n) is 6.80. The lowest BCUT2D eigenvalue weighted by Crippen LogP contribution is -2.66. The van der Waals surface area contributed by atoms with E-state index in [1.165, 1.54) is 22.6 Å². The molecule has 0 radical (unpaired) electrons. The first kappa shape index (κ1) is 24.3. The number of nitrogens with zero attached hydrogens (tertiary/aromatic N) is 2. The normalized spacial score (nSPS) is 20.9. The van der Waals surface area contributed by atoms with E-state index in [0.29, 0.717) is 32.7 Å². The zero-order chi connectivity index (χ0) is 22.6. The van der Waals surface area contributed by atoms with Crippen molar-refractivity contribution in [2.75, 3.05) is 32.1 Å². The lowest BCUT2D eigenvalue weighted by atomic mass is 9.80. The van der Waals surface area contributed by atoms with Crippen molar-refractivity contribution in [2.45, 2.75) is 31.5 Å². The van der Waals surface area contributed by atoms with E-state index in [1.807, 2.05) is 0 Å². The first-order valence-corrected chi connectivity index (χ1v) is 10.7. The largest absolute Gasteiger partial charge is 0.490 e. The van der Waals surface area contributed by atoms with E-state index >= 15 is 0 Å². The highest BCUT2D eigenvalue weighted by atomic mass is 32.2. The van der Waals surface area contributed by atoms with Gasteiger partial charge in [0, 0.05) is 25.9 Å². The zero-order valence-electron chi connectivity index (χ0n) is 16.1.